The van der Waals surface area contributed by atoms with Gasteiger partial charge >= 0.3 is 5.97 Å². The largest absolute Gasteiger partial charge is 0.484 e. The summed E-state index contributed by atoms with van der Waals surface area (Å²) in [5, 5.41) is 6.69. The van der Waals surface area contributed by atoms with E-state index in [0.29, 0.717) is 29.9 Å². The first-order valence-corrected chi connectivity index (χ1v) is 10.9. The summed E-state index contributed by atoms with van der Waals surface area (Å²) in [6.45, 7) is 7.68. The molecule has 33 heavy (non-hydrogen) atoms. The van der Waals surface area contributed by atoms with Gasteiger partial charge in [-0.1, -0.05) is 44.2 Å². The molecule has 0 fully saturated rings. The van der Waals surface area contributed by atoms with Gasteiger partial charge in [0.05, 0.1) is 18.4 Å². The molecule has 8 nitrogen and oxygen atoms in total. The second-order valence-corrected chi connectivity index (χ2v) is 7.88. The van der Waals surface area contributed by atoms with Gasteiger partial charge in [-0.05, 0) is 55.5 Å². The third-order valence-corrected chi connectivity index (χ3v) is 4.62. The lowest BCUT2D eigenvalue weighted by molar-refractivity contribution is -0.130. The van der Waals surface area contributed by atoms with Crippen LogP contribution < -0.4 is 15.5 Å². The lowest BCUT2D eigenvalue weighted by Crippen LogP contribution is -2.47. The van der Waals surface area contributed by atoms with Crippen molar-refractivity contribution in [1.29, 1.82) is 0 Å². The van der Waals surface area contributed by atoms with Gasteiger partial charge in [-0.3, -0.25) is 9.59 Å². The van der Waals surface area contributed by atoms with Crippen LogP contribution in [0.2, 0.25) is 0 Å². The van der Waals surface area contributed by atoms with Gasteiger partial charge in [0.1, 0.15) is 11.8 Å². The van der Waals surface area contributed by atoms with E-state index >= 15 is 0 Å². The molecule has 2 N–H and O–H groups in total. The quantitative estimate of drug-likeness (QED) is 0.309. The molecular weight excluding hydrogens is 422 g/mol. The van der Waals surface area contributed by atoms with Crippen molar-refractivity contribution in [1.82, 2.24) is 10.7 Å². The highest BCUT2D eigenvalue weighted by Gasteiger charge is 2.22. The first-order chi connectivity index (χ1) is 15.8. The van der Waals surface area contributed by atoms with E-state index in [2.05, 4.69) is 15.8 Å². The molecule has 0 saturated carbocycles. The van der Waals surface area contributed by atoms with Gasteiger partial charge in [0.2, 0.25) is 0 Å². The molecule has 0 radical (unpaired) electrons. The van der Waals surface area contributed by atoms with Crippen LogP contribution in [0.3, 0.4) is 0 Å². The number of para-hydroxylation sites is 1. The number of nitrogens with one attached hydrogen (secondary N) is 2. The fourth-order valence-electron chi connectivity index (χ4n) is 2.97. The zero-order chi connectivity index (χ0) is 24.2. The molecule has 1 atom stereocenters. The molecular formula is C25H31N3O5. The smallest absolute Gasteiger partial charge is 0.338 e. The van der Waals surface area contributed by atoms with Crippen LogP contribution in [0.15, 0.2) is 53.6 Å². The van der Waals surface area contributed by atoms with Gasteiger partial charge in [-0.2, -0.15) is 5.10 Å². The Labute approximate surface area is 194 Å². The number of esters is 1. The molecule has 0 unspecified atom stereocenters. The molecule has 2 rings (SSSR count). The van der Waals surface area contributed by atoms with Crippen LogP contribution in [-0.4, -0.2) is 43.3 Å². The van der Waals surface area contributed by atoms with E-state index in [1.165, 1.54) is 6.21 Å². The molecule has 2 amide bonds. The maximum Gasteiger partial charge on any atom is 0.338 e. The summed E-state index contributed by atoms with van der Waals surface area (Å²) < 4.78 is 10.5. The molecule has 0 bridgehead atoms. The minimum atomic E-state index is -0.749. The van der Waals surface area contributed by atoms with Crippen LogP contribution in [-0.2, 0) is 14.3 Å². The van der Waals surface area contributed by atoms with Crippen molar-refractivity contribution < 1.29 is 23.9 Å². The number of benzene rings is 2. The Morgan fingerprint density at radius 3 is 2.39 bits per heavy atom. The van der Waals surface area contributed by atoms with E-state index in [1.807, 2.05) is 39.0 Å². The average molecular weight is 454 g/mol. The van der Waals surface area contributed by atoms with E-state index in [9.17, 15) is 14.4 Å². The molecule has 0 saturated heterocycles. The van der Waals surface area contributed by atoms with Gasteiger partial charge in [-0.15, -0.1) is 0 Å². The van der Waals surface area contributed by atoms with Crippen LogP contribution >= 0.6 is 0 Å². The van der Waals surface area contributed by atoms with E-state index in [1.54, 1.807) is 37.3 Å². The molecule has 2 aromatic rings. The van der Waals surface area contributed by atoms with E-state index in [4.69, 9.17) is 9.47 Å². The molecule has 0 aromatic heterocycles. The average Bonchev–Trinajstić information content (AvgIpc) is 2.78. The maximum atomic E-state index is 12.6. The summed E-state index contributed by atoms with van der Waals surface area (Å²) in [6.07, 6.45) is 1.91. The van der Waals surface area contributed by atoms with E-state index in [-0.39, 0.29) is 12.5 Å². The number of carbonyl (C=O) groups is 3. The number of ether oxygens (including phenoxy) is 2. The second-order valence-electron chi connectivity index (χ2n) is 7.88. The predicted molar refractivity (Wildman–Crippen MR) is 126 cm³/mol. The normalized spacial score (nSPS) is 11.8. The maximum absolute atomic E-state index is 12.6. The van der Waals surface area contributed by atoms with Crippen molar-refractivity contribution in [2.75, 3.05) is 13.2 Å². The van der Waals surface area contributed by atoms with E-state index < -0.39 is 23.8 Å². The van der Waals surface area contributed by atoms with Crippen LogP contribution in [0.4, 0.5) is 0 Å². The molecule has 0 aliphatic heterocycles. The number of hydrogen-bond donors (Lipinski definition) is 2. The number of hydrogen-bond acceptors (Lipinski definition) is 6. The Bertz CT molecular complexity index is 970. The Balaban J connectivity index is 1.91. The lowest BCUT2D eigenvalue weighted by atomic mass is 10.0. The van der Waals surface area contributed by atoms with Gasteiger partial charge in [0.15, 0.2) is 6.61 Å². The second kappa shape index (κ2) is 13.0. The van der Waals surface area contributed by atoms with Crippen molar-refractivity contribution >= 4 is 24.0 Å². The highest BCUT2D eigenvalue weighted by atomic mass is 16.5. The van der Waals surface area contributed by atoms with Crippen LogP contribution in [0.1, 0.15) is 48.7 Å². The summed E-state index contributed by atoms with van der Waals surface area (Å²) in [4.78, 5) is 36.7. The highest BCUT2D eigenvalue weighted by Crippen LogP contribution is 2.16. The molecule has 8 heteroatoms. The van der Waals surface area contributed by atoms with Crippen molar-refractivity contribution in [3.05, 3.63) is 65.2 Å². The Morgan fingerprint density at radius 1 is 1.06 bits per heavy atom. The minimum Gasteiger partial charge on any atom is -0.484 e. The molecule has 0 spiro atoms. The number of rotatable bonds is 11. The van der Waals surface area contributed by atoms with Crippen molar-refractivity contribution in [3.8, 4) is 5.75 Å². The summed E-state index contributed by atoms with van der Waals surface area (Å²) in [5.41, 5.74) is 4.52. The van der Waals surface area contributed by atoms with Gasteiger partial charge < -0.3 is 14.8 Å². The molecule has 176 valence electrons. The van der Waals surface area contributed by atoms with Crippen molar-refractivity contribution in [2.45, 2.75) is 40.2 Å². The van der Waals surface area contributed by atoms with Gasteiger partial charge in [0.25, 0.3) is 11.8 Å². The summed E-state index contributed by atoms with van der Waals surface area (Å²) in [6, 6.07) is 13.3. The lowest BCUT2D eigenvalue weighted by Gasteiger charge is -2.19. The highest BCUT2D eigenvalue weighted by molar-refractivity contribution is 5.91. The summed E-state index contributed by atoms with van der Waals surface area (Å²) >= 11 is 0. The fourth-order valence-corrected chi connectivity index (χ4v) is 2.97. The van der Waals surface area contributed by atoms with Gasteiger partial charge in [-0.25, -0.2) is 10.2 Å². The van der Waals surface area contributed by atoms with Crippen LogP contribution in [0.5, 0.6) is 5.75 Å². The Kier molecular flexibility index (Phi) is 10.1. The SMILES string of the molecule is CCOC(=O)c1ccc(/C=N\NC(=O)[C@H](CC(C)C)NC(=O)COc2ccccc2C)cc1. The van der Waals surface area contributed by atoms with Gasteiger partial charge in [0, 0.05) is 0 Å². The zero-order valence-corrected chi connectivity index (χ0v) is 19.5. The standard InChI is InChI=1S/C25H31N3O5/c1-5-32-25(31)20-12-10-19(11-13-20)15-26-28-24(30)21(14-17(2)3)27-23(29)16-33-22-9-7-6-8-18(22)4/h6-13,15,17,21H,5,14,16H2,1-4H3,(H,27,29)(H,28,30)/b26-15-/t21-/m0/s1. The Morgan fingerprint density at radius 2 is 1.76 bits per heavy atom. The Hall–Kier alpha value is -3.68. The first kappa shape index (κ1) is 25.6. The zero-order valence-electron chi connectivity index (χ0n) is 19.5. The molecule has 0 aliphatic carbocycles. The number of aryl methyl sites for hydroxylation is 1. The van der Waals surface area contributed by atoms with E-state index in [0.717, 1.165) is 5.56 Å². The van der Waals surface area contributed by atoms with Crippen molar-refractivity contribution in [3.63, 3.8) is 0 Å². The predicted octanol–water partition coefficient (Wildman–Crippen LogP) is 3.23. The third-order valence-electron chi connectivity index (χ3n) is 4.62. The molecule has 0 aliphatic rings. The van der Waals surface area contributed by atoms with Crippen LogP contribution in [0, 0.1) is 12.8 Å². The number of hydrazone groups is 1. The monoisotopic (exact) mass is 453 g/mol. The van der Waals surface area contributed by atoms with Crippen LogP contribution in [0.25, 0.3) is 0 Å². The number of nitrogens with zero attached hydrogens (tertiary/aromatic N) is 1. The number of amides is 2. The summed E-state index contributed by atoms with van der Waals surface area (Å²) in [5.74, 6) is -0.410. The molecule has 0 heterocycles. The van der Waals surface area contributed by atoms with Crippen molar-refractivity contribution in [2.24, 2.45) is 11.0 Å². The fraction of sp³-hybridized carbons (Fsp3) is 0.360. The third kappa shape index (κ3) is 8.76. The topological polar surface area (TPSA) is 106 Å². The first-order valence-electron chi connectivity index (χ1n) is 10.9. The minimum absolute atomic E-state index is 0.178. The molecule has 2 aromatic carbocycles. The number of carbonyl (C=O) groups excluding carboxylic acids is 3. The summed E-state index contributed by atoms with van der Waals surface area (Å²) in [7, 11) is 0.